The van der Waals surface area contributed by atoms with Crippen LogP contribution in [0.15, 0.2) is 24.3 Å². The Bertz CT molecular complexity index is 707. The van der Waals surface area contributed by atoms with Crippen LogP contribution in [0.25, 0.3) is 0 Å². The molecule has 1 aromatic rings. The molecule has 2 N–H and O–H groups in total. The van der Waals surface area contributed by atoms with Crippen LogP contribution < -0.4 is 10.6 Å². The smallest absolute Gasteiger partial charge is 0.325 e. The molecule has 28 heavy (non-hydrogen) atoms. The van der Waals surface area contributed by atoms with Crippen LogP contribution in [0.5, 0.6) is 0 Å². The maximum atomic E-state index is 13.0. The van der Waals surface area contributed by atoms with Crippen LogP contribution in [0.2, 0.25) is 0 Å². The third-order valence-corrected chi connectivity index (χ3v) is 5.17. The standard InChI is InChI=1S/C21H30FN3O3/c1-4-5-6-7-8-13-21(3)19(27)25(20(28)24-21)14-18(26)23-15(2)16-9-11-17(22)12-10-16/h9-12,15H,4-8,13-14H2,1-3H3,(H,23,26)(H,24,28)/t15-,21-/m1/s1. The minimum atomic E-state index is -0.952. The normalized spacial score (nSPS) is 20.2. The highest BCUT2D eigenvalue weighted by atomic mass is 19.1. The van der Waals surface area contributed by atoms with Gasteiger partial charge in [0.1, 0.15) is 17.9 Å². The molecule has 0 spiro atoms. The number of carbonyl (C=O) groups excluding carboxylic acids is 3. The Labute approximate surface area is 165 Å². The Balaban J connectivity index is 1.88. The van der Waals surface area contributed by atoms with Crippen LogP contribution >= 0.6 is 0 Å². The molecule has 1 aromatic carbocycles. The lowest BCUT2D eigenvalue weighted by molar-refractivity contribution is -0.135. The van der Waals surface area contributed by atoms with Crippen LogP contribution in [-0.4, -0.2) is 34.8 Å². The second-order valence-corrected chi connectivity index (χ2v) is 7.66. The van der Waals surface area contributed by atoms with E-state index in [-0.39, 0.29) is 24.3 Å². The minimum absolute atomic E-state index is 0.332. The number of unbranched alkanes of at least 4 members (excludes halogenated alkanes) is 4. The molecular weight excluding hydrogens is 361 g/mol. The molecule has 0 unspecified atom stereocenters. The van der Waals surface area contributed by atoms with Crippen molar-refractivity contribution in [3.8, 4) is 0 Å². The summed E-state index contributed by atoms with van der Waals surface area (Å²) in [6.07, 6.45) is 5.85. The second kappa shape index (κ2) is 9.66. The number of nitrogens with zero attached hydrogens (tertiary/aromatic N) is 1. The molecule has 0 radical (unpaired) electrons. The number of urea groups is 1. The van der Waals surface area contributed by atoms with E-state index in [1.165, 1.54) is 12.1 Å². The molecule has 1 aliphatic heterocycles. The number of benzene rings is 1. The van der Waals surface area contributed by atoms with Gasteiger partial charge in [-0.15, -0.1) is 0 Å². The third-order valence-electron chi connectivity index (χ3n) is 5.17. The molecule has 0 saturated carbocycles. The number of hydrogen-bond acceptors (Lipinski definition) is 3. The molecule has 7 heteroatoms. The molecule has 0 aromatic heterocycles. The predicted molar refractivity (Wildman–Crippen MR) is 105 cm³/mol. The van der Waals surface area contributed by atoms with Gasteiger partial charge in [0.25, 0.3) is 5.91 Å². The van der Waals surface area contributed by atoms with Gasteiger partial charge in [0.2, 0.25) is 5.91 Å². The van der Waals surface area contributed by atoms with Crippen molar-refractivity contribution in [1.29, 1.82) is 0 Å². The predicted octanol–water partition coefficient (Wildman–Crippen LogP) is 3.67. The lowest BCUT2D eigenvalue weighted by atomic mass is 9.94. The van der Waals surface area contributed by atoms with E-state index in [0.29, 0.717) is 6.42 Å². The zero-order valence-electron chi connectivity index (χ0n) is 16.9. The van der Waals surface area contributed by atoms with Crippen LogP contribution in [0.1, 0.15) is 70.9 Å². The number of rotatable bonds is 10. The molecule has 1 fully saturated rings. The lowest BCUT2D eigenvalue weighted by Crippen LogP contribution is -2.45. The molecule has 0 bridgehead atoms. The highest BCUT2D eigenvalue weighted by molar-refractivity contribution is 6.08. The number of nitrogens with one attached hydrogen (secondary N) is 2. The first-order valence-corrected chi connectivity index (χ1v) is 9.96. The zero-order chi connectivity index (χ0) is 20.7. The quantitative estimate of drug-likeness (QED) is 0.472. The van der Waals surface area contributed by atoms with Crippen LogP contribution in [0.4, 0.5) is 9.18 Å². The number of amides is 4. The molecule has 1 aliphatic rings. The van der Waals surface area contributed by atoms with E-state index < -0.39 is 17.5 Å². The Morgan fingerprint density at radius 2 is 1.82 bits per heavy atom. The van der Waals surface area contributed by atoms with Gasteiger partial charge >= 0.3 is 6.03 Å². The summed E-state index contributed by atoms with van der Waals surface area (Å²) in [5.41, 5.74) is -0.213. The fourth-order valence-electron chi connectivity index (χ4n) is 3.41. The molecule has 6 nitrogen and oxygen atoms in total. The summed E-state index contributed by atoms with van der Waals surface area (Å²) >= 11 is 0. The van der Waals surface area contributed by atoms with E-state index in [0.717, 1.165) is 42.6 Å². The van der Waals surface area contributed by atoms with E-state index in [1.54, 1.807) is 26.0 Å². The second-order valence-electron chi connectivity index (χ2n) is 7.66. The van der Waals surface area contributed by atoms with Crippen LogP contribution in [0, 0.1) is 5.82 Å². The SMILES string of the molecule is CCCCCCC[C@@]1(C)NC(=O)N(CC(=O)N[C@H](C)c2ccc(F)cc2)C1=O. The van der Waals surface area contributed by atoms with Gasteiger partial charge < -0.3 is 10.6 Å². The maximum absolute atomic E-state index is 13.0. The third kappa shape index (κ3) is 5.53. The summed E-state index contributed by atoms with van der Waals surface area (Å²) in [5.74, 6) is -1.15. The highest BCUT2D eigenvalue weighted by Crippen LogP contribution is 2.24. The maximum Gasteiger partial charge on any atom is 0.325 e. The van der Waals surface area contributed by atoms with Crippen molar-refractivity contribution in [3.05, 3.63) is 35.6 Å². The minimum Gasteiger partial charge on any atom is -0.348 e. The Morgan fingerprint density at radius 1 is 1.18 bits per heavy atom. The van der Waals surface area contributed by atoms with Crippen LogP contribution in [-0.2, 0) is 9.59 Å². The van der Waals surface area contributed by atoms with Crippen molar-refractivity contribution in [3.63, 3.8) is 0 Å². The monoisotopic (exact) mass is 391 g/mol. The average molecular weight is 391 g/mol. The van der Waals surface area contributed by atoms with E-state index in [4.69, 9.17) is 0 Å². The van der Waals surface area contributed by atoms with E-state index in [9.17, 15) is 18.8 Å². The average Bonchev–Trinajstić information content (AvgIpc) is 2.85. The van der Waals surface area contributed by atoms with Crippen molar-refractivity contribution in [2.45, 2.75) is 70.9 Å². The molecule has 1 heterocycles. The van der Waals surface area contributed by atoms with Gasteiger partial charge in [0, 0.05) is 0 Å². The molecule has 0 aliphatic carbocycles. The summed E-state index contributed by atoms with van der Waals surface area (Å²) in [6, 6.07) is 4.92. The first-order valence-electron chi connectivity index (χ1n) is 9.96. The molecule has 1 saturated heterocycles. The van der Waals surface area contributed by atoms with Crippen molar-refractivity contribution in [2.75, 3.05) is 6.54 Å². The van der Waals surface area contributed by atoms with Gasteiger partial charge in [-0.05, 0) is 38.0 Å². The Hall–Kier alpha value is -2.44. The summed E-state index contributed by atoms with van der Waals surface area (Å²) in [5, 5.41) is 5.48. The van der Waals surface area contributed by atoms with Crippen LogP contribution in [0.3, 0.4) is 0 Å². The summed E-state index contributed by atoms with van der Waals surface area (Å²) in [6.45, 7) is 5.28. The molecule has 154 valence electrons. The fraction of sp³-hybridized carbons (Fsp3) is 0.571. The number of imide groups is 1. The molecule has 2 rings (SSSR count). The van der Waals surface area contributed by atoms with Gasteiger partial charge in [0.15, 0.2) is 0 Å². The van der Waals surface area contributed by atoms with E-state index in [2.05, 4.69) is 17.6 Å². The van der Waals surface area contributed by atoms with Crippen molar-refractivity contribution < 1.29 is 18.8 Å². The van der Waals surface area contributed by atoms with E-state index in [1.807, 2.05) is 0 Å². The van der Waals surface area contributed by atoms with Gasteiger partial charge in [-0.2, -0.15) is 0 Å². The Morgan fingerprint density at radius 3 is 2.46 bits per heavy atom. The van der Waals surface area contributed by atoms with Crippen molar-refractivity contribution >= 4 is 17.8 Å². The summed E-state index contributed by atoms with van der Waals surface area (Å²) < 4.78 is 13.0. The van der Waals surface area contributed by atoms with Gasteiger partial charge in [-0.25, -0.2) is 9.18 Å². The zero-order valence-corrected chi connectivity index (χ0v) is 16.9. The lowest BCUT2D eigenvalue weighted by Gasteiger charge is -2.22. The van der Waals surface area contributed by atoms with Crippen molar-refractivity contribution in [2.24, 2.45) is 0 Å². The fourth-order valence-corrected chi connectivity index (χ4v) is 3.41. The molecule has 2 atom stereocenters. The number of hydrogen-bond donors (Lipinski definition) is 2. The van der Waals surface area contributed by atoms with Gasteiger partial charge in [-0.3, -0.25) is 14.5 Å². The Kier molecular flexibility index (Phi) is 7.54. The van der Waals surface area contributed by atoms with Gasteiger partial charge in [-0.1, -0.05) is 51.2 Å². The first kappa shape index (κ1) is 21.9. The summed E-state index contributed by atoms with van der Waals surface area (Å²) in [7, 11) is 0. The largest absolute Gasteiger partial charge is 0.348 e. The first-order chi connectivity index (χ1) is 13.3. The number of halogens is 1. The summed E-state index contributed by atoms with van der Waals surface area (Å²) in [4.78, 5) is 38.2. The van der Waals surface area contributed by atoms with Gasteiger partial charge in [0.05, 0.1) is 6.04 Å². The number of carbonyl (C=O) groups is 3. The molecular formula is C21H30FN3O3. The van der Waals surface area contributed by atoms with Crippen molar-refractivity contribution in [1.82, 2.24) is 15.5 Å². The molecule has 4 amide bonds. The topological polar surface area (TPSA) is 78.5 Å². The van der Waals surface area contributed by atoms with E-state index >= 15 is 0 Å². The highest BCUT2D eigenvalue weighted by Gasteiger charge is 2.47.